The van der Waals surface area contributed by atoms with Crippen molar-refractivity contribution in [1.29, 1.82) is 0 Å². The molecule has 2 rings (SSSR count). The fourth-order valence-corrected chi connectivity index (χ4v) is 1.79. The Morgan fingerprint density at radius 2 is 2.29 bits per heavy atom. The molecule has 1 aliphatic carbocycles. The molecule has 96 valence electrons. The predicted molar refractivity (Wildman–Crippen MR) is 60.2 cm³/mol. The van der Waals surface area contributed by atoms with Crippen molar-refractivity contribution in [2.24, 2.45) is 11.7 Å². The van der Waals surface area contributed by atoms with E-state index in [1.807, 2.05) is 6.92 Å². The Hall–Kier alpha value is -0.980. The zero-order valence-electron chi connectivity index (χ0n) is 10.3. The van der Waals surface area contributed by atoms with E-state index >= 15 is 0 Å². The summed E-state index contributed by atoms with van der Waals surface area (Å²) < 4.78 is 16.0. The van der Waals surface area contributed by atoms with Crippen LogP contribution in [0.5, 0.6) is 0 Å². The minimum Gasteiger partial charge on any atom is -0.370 e. The third-order valence-corrected chi connectivity index (χ3v) is 2.88. The van der Waals surface area contributed by atoms with Crippen LogP contribution in [0, 0.1) is 5.92 Å². The Kier molecular flexibility index (Phi) is 4.09. The second-order valence-corrected chi connectivity index (χ2v) is 4.16. The van der Waals surface area contributed by atoms with Gasteiger partial charge in [-0.1, -0.05) is 5.16 Å². The second kappa shape index (κ2) is 5.57. The number of hydrogen-bond donors (Lipinski definition) is 1. The van der Waals surface area contributed by atoms with Crippen LogP contribution in [0.1, 0.15) is 43.7 Å². The van der Waals surface area contributed by atoms with E-state index in [2.05, 4.69) is 10.1 Å². The Bertz CT molecular complexity index is 347. The molecule has 1 saturated carbocycles. The van der Waals surface area contributed by atoms with E-state index in [1.54, 1.807) is 7.11 Å². The summed E-state index contributed by atoms with van der Waals surface area (Å²) in [7, 11) is 1.57. The van der Waals surface area contributed by atoms with Gasteiger partial charge in [-0.25, -0.2) is 0 Å². The minimum absolute atomic E-state index is 0.0484. The molecule has 1 fully saturated rings. The molecule has 0 aliphatic heterocycles. The van der Waals surface area contributed by atoms with Crippen LogP contribution in [0.4, 0.5) is 0 Å². The maximum Gasteiger partial charge on any atom is 0.257 e. The maximum absolute atomic E-state index is 5.66. The topological polar surface area (TPSA) is 83.4 Å². The number of nitrogens with two attached hydrogens (primary N) is 1. The molecule has 6 heteroatoms. The van der Waals surface area contributed by atoms with Crippen molar-refractivity contribution in [3.8, 4) is 0 Å². The molecule has 0 aromatic carbocycles. The van der Waals surface area contributed by atoms with Crippen molar-refractivity contribution in [3.05, 3.63) is 11.7 Å². The molecule has 0 spiro atoms. The highest BCUT2D eigenvalue weighted by atomic mass is 16.5. The summed E-state index contributed by atoms with van der Waals surface area (Å²) in [5, 5.41) is 3.97. The van der Waals surface area contributed by atoms with E-state index in [4.69, 9.17) is 19.7 Å². The fourth-order valence-electron chi connectivity index (χ4n) is 1.79. The van der Waals surface area contributed by atoms with Gasteiger partial charge < -0.3 is 19.7 Å². The molecule has 1 aliphatic rings. The number of rotatable bonds is 7. The SMILES string of the molecule is CCOC(c1noc(C(CN)OC)n1)C1CC1. The number of ether oxygens (including phenoxy) is 2. The van der Waals surface area contributed by atoms with Gasteiger partial charge in [-0.2, -0.15) is 4.98 Å². The van der Waals surface area contributed by atoms with E-state index < -0.39 is 0 Å². The largest absolute Gasteiger partial charge is 0.370 e. The van der Waals surface area contributed by atoms with Crippen molar-refractivity contribution < 1.29 is 14.0 Å². The average molecular weight is 241 g/mol. The highest BCUT2D eigenvalue weighted by Gasteiger charge is 2.36. The van der Waals surface area contributed by atoms with Crippen molar-refractivity contribution in [2.75, 3.05) is 20.3 Å². The molecule has 0 radical (unpaired) electrons. The van der Waals surface area contributed by atoms with Crippen molar-refractivity contribution in [2.45, 2.75) is 32.0 Å². The van der Waals surface area contributed by atoms with Gasteiger partial charge in [0.15, 0.2) is 0 Å². The quantitative estimate of drug-likeness (QED) is 0.772. The van der Waals surface area contributed by atoms with Gasteiger partial charge in [-0.3, -0.25) is 0 Å². The van der Waals surface area contributed by atoms with E-state index in [9.17, 15) is 0 Å². The van der Waals surface area contributed by atoms with Crippen molar-refractivity contribution >= 4 is 0 Å². The summed E-state index contributed by atoms with van der Waals surface area (Å²) in [4.78, 5) is 4.32. The van der Waals surface area contributed by atoms with Gasteiger partial charge in [-0.05, 0) is 25.7 Å². The minimum atomic E-state index is -0.335. The van der Waals surface area contributed by atoms with Gasteiger partial charge in [0.1, 0.15) is 12.2 Å². The standard InChI is InChI=1S/C11H19N3O3/c1-3-16-9(7-4-5-7)10-13-11(17-14-10)8(6-12)15-2/h7-9H,3-6,12H2,1-2H3. The molecule has 1 heterocycles. The Labute approximate surface area is 100 Å². The normalized spacial score (nSPS) is 19.2. The van der Waals surface area contributed by atoms with E-state index in [0.29, 0.717) is 30.8 Å². The highest BCUT2D eigenvalue weighted by Crippen LogP contribution is 2.42. The van der Waals surface area contributed by atoms with Gasteiger partial charge in [0.25, 0.3) is 5.89 Å². The molecule has 6 nitrogen and oxygen atoms in total. The first-order valence-corrected chi connectivity index (χ1v) is 5.98. The molecule has 0 amide bonds. The van der Waals surface area contributed by atoms with E-state index in [-0.39, 0.29) is 12.2 Å². The summed E-state index contributed by atoms with van der Waals surface area (Å²) in [6, 6.07) is 0. The Morgan fingerprint density at radius 1 is 1.53 bits per heavy atom. The molecule has 2 atom stereocenters. The van der Waals surface area contributed by atoms with Crippen LogP contribution in [0.3, 0.4) is 0 Å². The summed E-state index contributed by atoms with van der Waals surface area (Å²) in [6.07, 6.45) is 1.95. The lowest BCUT2D eigenvalue weighted by atomic mass is 10.2. The van der Waals surface area contributed by atoms with Crippen molar-refractivity contribution in [3.63, 3.8) is 0 Å². The third kappa shape index (κ3) is 2.83. The first kappa shape index (κ1) is 12.5. The van der Waals surface area contributed by atoms with Crippen LogP contribution < -0.4 is 5.73 Å². The first-order valence-electron chi connectivity index (χ1n) is 5.98. The smallest absolute Gasteiger partial charge is 0.257 e. The van der Waals surface area contributed by atoms with Gasteiger partial charge in [0.05, 0.1) is 0 Å². The third-order valence-electron chi connectivity index (χ3n) is 2.88. The van der Waals surface area contributed by atoms with Crippen molar-refractivity contribution in [1.82, 2.24) is 10.1 Å². The lowest BCUT2D eigenvalue weighted by molar-refractivity contribution is 0.0384. The van der Waals surface area contributed by atoms with Gasteiger partial charge in [0.2, 0.25) is 5.82 Å². The predicted octanol–water partition coefficient (Wildman–Crippen LogP) is 1.20. The van der Waals surface area contributed by atoms with Crippen LogP contribution in [0.2, 0.25) is 0 Å². The van der Waals surface area contributed by atoms with Crippen LogP contribution in [0.25, 0.3) is 0 Å². The molecule has 2 N–H and O–H groups in total. The first-order chi connectivity index (χ1) is 8.30. The van der Waals surface area contributed by atoms with Crippen LogP contribution >= 0.6 is 0 Å². The lowest BCUT2D eigenvalue weighted by Gasteiger charge is -2.11. The zero-order chi connectivity index (χ0) is 12.3. The summed E-state index contributed by atoms with van der Waals surface area (Å²) in [5.74, 6) is 1.56. The average Bonchev–Trinajstić information content (AvgIpc) is 3.07. The molecular formula is C11H19N3O3. The number of aromatic nitrogens is 2. The van der Waals surface area contributed by atoms with Crippen LogP contribution in [-0.2, 0) is 9.47 Å². The molecule has 2 unspecified atom stereocenters. The summed E-state index contributed by atoms with van der Waals surface area (Å²) in [6.45, 7) is 2.94. The molecule has 1 aromatic heterocycles. The number of methoxy groups -OCH3 is 1. The van der Waals surface area contributed by atoms with Crippen LogP contribution in [-0.4, -0.2) is 30.4 Å². The molecule has 0 bridgehead atoms. The number of nitrogens with zero attached hydrogens (tertiary/aromatic N) is 2. The highest BCUT2D eigenvalue weighted by molar-refractivity contribution is 5.00. The molecule has 0 saturated heterocycles. The lowest BCUT2D eigenvalue weighted by Crippen LogP contribution is -2.15. The Balaban J connectivity index is 2.09. The van der Waals surface area contributed by atoms with Gasteiger partial charge >= 0.3 is 0 Å². The Morgan fingerprint density at radius 3 is 2.82 bits per heavy atom. The summed E-state index contributed by atoms with van der Waals surface area (Å²) >= 11 is 0. The maximum atomic E-state index is 5.66. The fraction of sp³-hybridized carbons (Fsp3) is 0.818. The monoisotopic (exact) mass is 241 g/mol. The van der Waals surface area contributed by atoms with Gasteiger partial charge in [-0.15, -0.1) is 0 Å². The van der Waals surface area contributed by atoms with E-state index in [1.165, 1.54) is 12.8 Å². The molecular weight excluding hydrogens is 222 g/mol. The number of hydrogen-bond acceptors (Lipinski definition) is 6. The van der Waals surface area contributed by atoms with Gasteiger partial charge in [0, 0.05) is 20.3 Å². The summed E-state index contributed by atoms with van der Waals surface area (Å²) in [5.41, 5.74) is 5.55. The van der Waals surface area contributed by atoms with E-state index in [0.717, 1.165) is 0 Å². The molecule has 17 heavy (non-hydrogen) atoms. The second-order valence-electron chi connectivity index (χ2n) is 4.16. The molecule has 1 aromatic rings. The van der Waals surface area contributed by atoms with Crippen LogP contribution in [0.15, 0.2) is 4.52 Å². The zero-order valence-corrected chi connectivity index (χ0v) is 10.3.